The van der Waals surface area contributed by atoms with Crippen LogP contribution in [0.4, 0.5) is 0 Å². The Labute approximate surface area is 191 Å². The Hall–Kier alpha value is -3.22. The zero-order valence-electron chi connectivity index (χ0n) is 18.0. The lowest BCUT2D eigenvalue weighted by Gasteiger charge is -2.34. The number of carbonyl (C=O) groups excluding carboxylic acids is 1. The van der Waals surface area contributed by atoms with Crippen molar-refractivity contribution in [3.8, 4) is 22.6 Å². The summed E-state index contributed by atoms with van der Waals surface area (Å²) >= 11 is 1.50. The molecule has 0 spiro atoms. The summed E-state index contributed by atoms with van der Waals surface area (Å²) in [6, 6.07) is 22.5. The minimum absolute atomic E-state index is 0.138. The lowest BCUT2D eigenvalue weighted by molar-refractivity contribution is 0.0631. The van der Waals surface area contributed by atoms with Gasteiger partial charge in [0.15, 0.2) is 0 Å². The molecule has 6 heteroatoms. The van der Waals surface area contributed by atoms with Crippen LogP contribution in [0.1, 0.15) is 21.1 Å². The number of aromatic nitrogens is 1. The van der Waals surface area contributed by atoms with E-state index in [1.54, 1.807) is 0 Å². The van der Waals surface area contributed by atoms with E-state index in [2.05, 4.69) is 41.3 Å². The highest BCUT2D eigenvalue weighted by atomic mass is 32.1. The highest BCUT2D eigenvalue weighted by Crippen LogP contribution is 2.26. The van der Waals surface area contributed by atoms with Crippen molar-refractivity contribution in [2.24, 2.45) is 0 Å². The first kappa shape index (κ1) is 20.7. The van der Waals surface area contributed by atoms with Crippen LogP contribution in [0.3, 0.4) is 0 Å². The monoisotopic (exact) mass is 443 g/mol. The summed E-state index contributed by atoms with van der Waals surface area (Å²) in [5.74, 6) is 1.64. The Morgan fingerprint density at radius 2 is 1.59 bits per heavy atom. The van der Waals surface area contributed by atoms with Crippen LogP contribution in [0.15, 0.2) is 76.5 Å². The van der Waals surface area contributed by atoms with Crippen LogP contribution in [-0.4, -0.2) is 46.9 Å². The fraction of sp³-hybridized carbons (Fsp3) is 0.231. The summed E-state index contributed by atoms with van der Waals surface area (Å²) in [6.07, 6.45) is 0. The quantitative estimate of drug-likeness (QED) is 0.418. The lowest BCUT2D eigenvalue weighted by Crippen LogP contribution is -2.48. The molecule has 1 aliphatic rings. The van der Waals surface area contributed by atoms with Gasteiger partial charge < -0.3 is 9.32 Å². The number of benzene rings is 2. The standard InChI is InChI=1S/C26H25N3O2S/c1-19-23(18-28-13-15-29(16-14-28)26(30)24-8-5-17-32-24)27-25(31-19)22-11-9-21(10-12-22)20-6-3-2-4-7-20/h2-12,17H,13-16,18H2,1H3. The van der Waals surface area contributed by atoms with Crippen molar-refractivity contribution in [3.05, 3.63) is 88.4 Å². The van der Waals surface area contributed by atoms with Gasteiger partial charge in [0.1, 0.15) is 5.76 Å². The smallest absolute Gasteiger partial charge is 0.264 e. The average Bonchev–Trinajstić information content (AvgIpc) is 3.50. The normalized spacial score (nSPS) is 14.6. The maximum absolute atomic E-state index is 12.5. The van der Waals surface area contributed by atoms with Gasteiger partial charge in [-0.25, -0.2) is 4.98 Å². The molecule has 2 aromatic carbocycles. The van der Waals surface area contributed by atoms with Crippen molar-refractivity contribution >= 4 is 17.2 Å². The van der Waals surface area contributed by atoms with Crippen molar-refractivity contribution in [2.45, 2.75) is 13.5 Å². The molecule has 0 radical (unpaired) electrons. The lowest BCUT2D eigenvalue weighted by atomic mass is 10.0. The van der Waals surface area contributed by atoms with E-state index in [-0.39, 0.29) is 5.91 Å². The van der Waals surface area contributed by atoms with E-state index in [9.17, 15) is 4.79 Å². The molecule has 0 aliphatic carbocycles. The number of hydrogen-bond acceptors (Lipinski definition) is 5. The van der Waals surface area contributed by atoms with Crippen molar-refractivity contribution in [1.82, 2.24) is 14.8 Å². The van der Waals surface area contributed by atoms with Crippen molar-refractivity contribution < 1.29 is 9.21 Å². The van der Waals surface area contributed by atoms with Crippen LogP contribution in [0.25, 0.3) is 22.6 Å². The second-order valence-electron chi connectivity index (χ2n) is 8.01. The zero-order chi connectivity index (χ0) is 21.9. The topological polar surface area (TPSA) is 49.6 Å². The molecule has 1 fully saturated rings. The molecule has 0 atom stereocenters. The van der Waals surface area contributed by atoms with E-state index in [0.29, 0.717) is 5.89 Å². The third kappa shape index (κ3) is 4.38. The van der Waals surface area contributed by atoms with E-state index in [1.165, 1.54) is 22.5 Å². The summed E-state index contributed by atoms with van der Waals surface area (Å²) in [7, 11) is 0. The number of hydrogen-bond donors (Lipinski definition) is 0. The molecule has 3 heterocycles. The molecule has 5 rings (SSSR count). The number of amides is 1. The van der Waals surface area contributed by atoms with E-state index < -0.39 is 0 Å². The first-order chi connectivity index (χ1) is 15.7. The van der Waals surface area contributed by atoms with Gasteiger partial charge in [-0.15, -0.1) is 11.3 Å². The fourth-order valence-corrected chi connectivity index (χ4v) is 4.70. The Morgan fingerprint density at radius 1 is 0.906 bits per heavy atom. The first-order valence-corrected chi connectivity index (χ1v) is 11.7. The van der Waals surface area contributed by atoms with E-state index in [0.717, 1.165) is 54.6 Å². The predicted molar refractivity (Wildman–Crippen MR) is 128 cm³/mol. The summed E-state index contributed by atoms with van der Waals surface area (Å²) in [5, 5.41) is 1.95. The van der Waals surface area contributed by atoms with Gasteiger partial charge in [-0.1, -0.05) is 48.5 Å². The number of piperazine rings is 1. The summed E-state index contributed by atoms with van der Waals surface area (Å²) in [5.41, 5.74) is 4.31. The molecule has 4 aromatic rings. The number of rotatable bonds is 5. The molecular formula is C26H25N3O2S. The summed E-state index contributed by atoms with van der Waals surface area (Å²) in [4.78, 5) is 22.4. The van der Waals surface area contributed by atoms with Crippen LogP contribution in [0.2, 0.25) is 0 Å². The molecule has 1 amide bonds. The SMILES string of the molecule is Cc1oc(-c2ccc(-c3ccccc3)cc2)nc1CN1CCN(C(=O)c2cccs2)CC1. The van der Waals surface area contributed by atoms with Crippen molar-refractivity contribution in [3.63, 3.8) is 0 Å². The number of aryl methyl sites for hydroxylation is 1. The maximum atomic E-state index is 12.5. The molecule has 0 saturated carbocycles. The summed E-state index contributed by atoms with van der Waals surface area (Å²) in [6.45, 7) is 5.86. The Balaban J connectivity index is 1.22. The average molecular weight is 444 g/mol. The number of thiophene rings is 1. The predicted octanol–water partition coefficient (Wildman–Crippen LogP) is 5.34. The largest absolute Gasteiger partial charge is 0.441 e. The van der Waals surface area contributed by atoms with Crippen LogP contribution in [-0.2, 0) is 6.54 Å². The molecule has 162 valence electrons. The first-order valence-electron chi connectivity index (χ1n) is 10.8. The Morgan fingerprint density at radius 3 is 2.28 bits per heavy atom. The molecular weight excluding hydrogens is 418 g/mol. The molecule has 2 aromatic heterocycles. The molecule has 0 bridgehead atoms. The fourth-order valence-electron chi connectivity index (χ4n) is 4.01. The van der Waals surface area contributed by atoms with Crippen molar-refractivity contribution in [2.75, 3.05) is 26.2 Å². The Bertz CT molecular complexity index is 1180. The summed E-state index contributed by atoms with van der Waals surface area (Å²) < 4.78 is 6.00. The molecule has 32 heavy (non-hydrogen) atoms. The van der Waals surface area contributed by atoms with Crippen LogP contribution >= 0.6 is 11.3 Å². The van der Waals surface area contributed by atoms with Gasteiger partial charge in [0, 0.05) is 38.3 Å². The van der Waals surface area contributed by atoms with Crippen LogP contribution in [0, 0.1) is 6.92 Å². The Kier molecular flexibility index (Phi) is 5.88. The zero-order valence-corrected chi connectivity index (χ0v) is 18.8. The van der Waals surface area contributed by atoms with Gasteiger partial charge in [0.25, 0.3) is 5.91 Å². The number of nitrogens with zero attached hydrogens (tertiary/aromatic N) is 3. The molecule has 0 unspecified atom stereocenters. The number of oxazole rings is 1. The number of carbonyl (C=O) groups is 1. The van der Waals surface area contributed by atoms with Crippen LogP contribution < -0.4 is 0 Å². The molecule has 0 N–H and O–H groups in total. The van der Waals surface area contributed by atoms with Gasteiger partial charge >= 0.3 is 0 Å². The highest BCUT2D eigenvalue weighted by Gasteiger charge is 2.24. The van der Waals surface area contributed by atoms with Crippen molar-refractivity contribution in [1.29, 1.82) is 0 Å². The van der Waals surface area contributed by atoms with Gasteiger partial charge in [-0.05, 0) is 41.6 Å². The van der Waals surface area contributed by atoms with E-state index >= 15 is 0 Å². The minimum Gasteiger partial charge on any atom is -0.441 e. The maximum Gasteiger partial charge on any atom is 0.264 e. The third-order valence-electron chi connectivity index (χ3n) is 5.90. The molecule has 5 nitrogen and oxygen atoms in total. The van der Waals surface area contributed by atoms with Gasteiger partial charge in [-0.3, -0.25) is 9.69 Å². The van der Waals surface area contributed by atoms with Crippen LogP contribution in [0.5, 0.6) is 0 Å². The molecule has 1 aliphatic heterocycles. The van der Waals surface area contributed by atoms with Gasteiger partial charge in [-0.2, -0.15) is 0 Å². The van der Waals surface area contributed by atoms with E-state index in [1.807, 2.05) is 47.5 Å². The van der Waals surface area contributed by atoms with Gasteiger partial charge in [0.05, 0.1) is 10.6 Å². The molecule has 1 saturated heterocycles. The second-order valence-corrected chi connectivity index (χ2v) is 8.96. The second kappa shape index (κ2) is 9.10. The third-order valence-corrected chi connectivity index (χ3v) is 6.75. The van der Waals surface area contributed by atoms with E-state index in [4.69, 9.17) is 9.40 Å². The minimum atomic E-state index is 0.138. The van der Waals surface area contributed by atoms with Gasteiger partial charge in [0.2, 0.25) is 5.89 Å². The highest BCUT2D eigenvalue weighted by molar-refractivity contribution is 7.12.